The molecular weight excluding hydrogens is 246 g/mol. The third-order valence-electron chi connectivity index (χ3n) is 3.28. The van der Waals surface area contributed by atoms with Crippen LogP contribution in [0.15, 0.2) is 36.5 Å². The van der Waals surface area contributed by atoms with Gasteiger partial charge in [-0.2, -0.15) is 0 Å². The smallest absolute Gasteiger partial charge is 0.224 e. The third-order valence-corrected chi connectivity index (χ3v) is 3.46. The van der Waals surface area contributed by atoms with Gasteiger partial charge in [-0.3, -0.25) is 0 Å². The summed E-state index contributed by atoms with van der Waals surface area (Å²) in [6.07, 6.45) is 2.89. The molecule has 0 aliphatic heterocycles. The Labute approximate surface area is 111 Å². The van der Waals surface area contributed by atoms with Gasteiger partial charge in [0, 0.05) is 23.7 Å². The highest BCUT2D eigenvalue weighted by atomic mass is 35.5. The minimum atomic E-state index is 0.292. The highest BCUT2D eigenvalue weighted by Gasteiger charge is 2.38. The van der Waals surface area contributed by atoms with Crippen LogP contribution in [0.1, 0.15) is 23.5 Å². The third kappa shape index (κ3) is 2.31. The van der Waals surface area contributed by atoms with Crippen molar-refractivity contribution in [1.29, 1.82) is 0 Å². The predicted octanol–water partition coefficient (Wildman–Crippen LogP) is 3.41. The van der Waals surface area contributed by atoms with Gasteiger partial charge in [0.05, 0.1) is 0 Å². The van der Waals surface area contributed by atoms with Gasteiger partial charge in [0.1, 0.15) is 5.82 Å². The molecule has 1 aliphatic carbocycles. The Morgan fingerprint density at radius 1 is 1.28 bits per heavy atom. The Hall–Kier alpha value is -1.61. The van der Waals surface area contributed by atoms with Crippen LogP contribution in [-0.2, 0) is 0 Å². The zero-order valence-corrected chi connectivity index (χ0v) is 10.9. The van der Waals surface area contributed by atoms with Crippen LogP contribution in [-0.4, -0.2) is 16.0 Å². The summed E-state index contributed by atoms with van der Waals surface area (Å²) in [5.74, 6) is 1.43. The number of anilines is 1. The first-order valence-electron chi connectivity index (χ1n) is 6.04. The number of rotatable bonds is 3. The Bertz CT molecular complexity index is 556. The molecule has 1 saturated carbocycles. The second-order valence-electron chi connectivity index (χ2n) is 4.67. The summed E-state index contributed by atoms with van der Waals surface area (Å²) >= 11 is 5.81. The molecule has 3 rings (SSSR count). The van der Waals surface area contributed by atoms with Gasteiger partial charge in [0.2, 0.25) is 5.28 Å². The molecule has 92 valence electrons. The van der Waals surface area contributed by atoms with Crippen molar-refractivity contribution in [3.63, 3.8) is 0 Å². The molecule has 1 aliphatic rings. The summed E-state index contributed by atoms with van der Waals surface area (Å²) in [6.45, 7) is 1.98. The van der Waals surface area contributed by atoms with E-state index in [1.54, 1.807) is 6.20 Å². The molecule has 2 unspecified atom stereocenters. The van der Waals surface area contributed by atoms with E-state index in [4.69, 9.17) is 11.6 Å². The lowest BCUT2D eigenvalue weighted by Gasteiger charge is -2.08. The van der Waals surface area contributed by atoms with E-state index in [0.717, 1.165) is 17.8 Å². The van der Waals surface area contributed by atoms with E-state index < -0.39 is 0 Å². The maximum atomic E-state index is 5.81. The number of hydrogen-bond acceptors (Lipinski definition) is 3. The Balaban J connectivity index is 1.71. The van der Waals surface area contributed by atoms with Crippen LogP contribution in [0, 0.1) is 6.92 Å². The zero-order chi connectivity index (χ0) is 12.5. The highest BCUT2D eigenvalue weighted by molar-refractivity contribution is 6.28. The van der Waals surface area contributed by atoms with Crippen molar-refractivity contribution >= 4 is 17.4 Å². The average Bonchev–Trinajstić information content (AvgIpc) is 3.14. The number of halogens is 1. The molecule has 2 atom stereocenters. The molecule has 4 heteroatoms. The van der Waals surface area contributed by atoms with Crippen LogP contribution in [0.5, 0.6) is 0 Å². The Kier molecular flexibility index (Phi) is 2.92. The minimum absolute atomic E-state index is 0.292. The van der Waals surface area contributed by atoms with Crippen molar-refractivity contribution in [2.75, 3.05) is 5.32 Å². The molecule has 1 fully saturated rings. The van der Waals surface area contributed by atoms with Crippen LogP contribution in [0.3, 0.4) is 0 Å². The summed E-state index contributed by atoms with van der Waals surface area (Å²) in [5, 5.41) is 3.73. The maximum Gasteiger partial charge on any atom is 0.224 e. The van der Waals surface area contributed by atoms with Crippen molar-refractivity contribution < 1.29 is 0 Å². The Morgan fingerprint density at radius 3 is 2.83 bits per heavy atom. The van der Waals surface area contributed by atoms with E-state index in [1.807, 2.05) is 13.0 Å². The summed E-state index contributed by atoms with van der Waals surface area (Å²) in [6, 6.07) is 11.0. The fourth-order valence-electron chi connectivity index (χ4n) is 2.17. The molecule has 1 heterocycles. The normalized spacial score (nSPS) is 21.7. The molecule has 0 radical (unpaired) electrons. The zero-order valence-electron chi connectivity index (χ0n) is 10.1. The van der Waals surface area contributed by atoms with Crippen LogP contribution in [0.4, 0.5) is 5.82 Å². The van der Waals surface area contributed by atoms with E-state index in [9.17, 15) is 0 Å². The van der Waals surface area contributed by atoms with E-state index >= 15 is 0 Å². The van der Waals surface area contributed by atoms with Gasteiger partial charge in [-0.15, -0.1) is 0 Å². The largest absolute Gasteiger partial charge is 0.366 e. The number of benzene rings is 1. The summed E-state index contributed by atoms with van der Waals surface area (Å²) in [7, 11) is 0. The van der Waals surface area contributed by atoms with E-state index in [-0.39, 0.29) is 0 Å². The molecule has 0 spiro atoms. The molecule has 1 N–H and O–H groups in total. The molecule has 3 nitrogen and oxygen atoms in total. The van der Waals surface area contributed by atoms with Crippen molar-refractivity contribution in [2.24, 2.45) is 0 Å². The first-order chi connectivity index (χ1) is 8.74. The van der Waals surface area contributed by atoms with E-state index in [2.05, 4.69) is 39.6 Å². The van der Waals surface area contributed by atoms with Crippen LogP contribution in [0.2, 0.25) is 5.28 Å². The van der Waals surface area contributed by atoms with Gasteiger partial charge in [-0.05, 0) is 30.5 Å². The number of aromatic nitrogens is 2. The van der Waals surface area contributed by atoms with Crippen molar-refractivity contribution in [1.82, 2.24) is 9.97 Å². The first-order valence-corrected chi connectivity index (χ1v) is 6.42. The van der Waals surface area contributed by atoms with Crippen molar-refractivity contribution in [3.8, 4) is 0 Å². The summed E-state index contributed by atoms with van der Waals surface area (Å²) in [4.78, 5) is 8.18. The number of aryl methyl sites for hydroxylation is 1. The SMILES string of the molecule is Cc1cnc(Cl)nc1NC1CC1c1ccccc1. The lowest BCUT2D eigenvalue weighted by atomic mass is 10.1. The van der Waals surface area contributed by atoms with Crippen molar-refractivity contribution in [2.45, 2.75) is 25.3 Å². The molecule has 2 aromatic rings. The number of nitrogens with zero attached hydrogens (tertiary/aromatic N) is 2. The van der Waals surface area contributed by atoms with E-state index in [0.29, 0.717) is 17.2 Å². The monoisotopic (exact) mass is 259 g/mol. The van der Waals surface area contributed by atoms with Gasteiger partial charge in [-0.1, -0.05) is 30.3 Å². The highest BCUT2D eigenvalue weighted by Crippen LogP contribution is 2.42. The molecule has 0 amide bonds. The Morgan fingerprint density at radius 2 is 2.06 bits per heavy atom. The van der Waals surface area contributed by atoms with Crippen LogP contribution >= 0.6 is 11.6 Å². The first kappa shape index (κ1) is 11.5. The second kappa shape index (κ2) is 4.58. The fourth-order valence-corrected chi connectivity index (χ4v) is 2.30. The topological polar surface area (TPSA) is 37.8 Å². The minimum Gasteiger partial charge on any atom is -0.366 e. The molecule has 1 aromatic carbocycles. The second-order valence-corrected chi connectivity index (χ2v) is 5.01. The molecule has 0 bridgehead atoms. The van der Waals surface area contributed by atoms with Gasteiger partial charge in [0.25, 0.3) is 0 Å². The quantitative estimate of drug-likeness (QED) is 0.859. The predicted molar refractivity (Wildman–Crippen MR) is 73.0 cm³/mol. The van der Waals surface area contributed by atoms with Crippen molar-refractivity contribution in [3.05, 3.63) is 52.9 Å². The number of hydrogen-bond donors (Lipinski definition) is 1. The molecule has 0 saturated heterocycles. The molecule has 1 aromatic heterocycles. The molecular formula is C14H14ClN3. The lowest BCUT2D eigenvalue weighted by Crippen LogP contribution is -2.08. The van der Waals surface area contributed by atoms with Gasteiger partial charge >= 0.3 is 0 Å². The maximum absolute atomic E-state index is 5.81. The molecule has 18 heavy (non-hydrogen) atoms. The summed E-state index contributed by atoms with van der Waals surface area (Å²) < 4.78 is 0. The van der Waals surface area contributed by atoms with Gasteiger partial charge in [0.15, 0.2) is 0 Å². The number of nitrogens with one attached hydrogen (secondary N) is 1. The average molecular weight is 260 g/mol. The van der Waals surface area contributed by atoms with Gasteiger partial charge in [-0.25, -0.2) is 9.97 Å². The summed E-state index contributed by atoms with van der Waals surface area (Å²) in [5.41, 5.74) is 2.41. The van der Waals surface area contributed by atoms with E-state index in [1.165, 1.54) is 5.56 Å². The van der Waals surface area contributed by atoms with Crippen LogP contribution < -0.4 is 5.32 Å². The standard InChI is InChI=1S/C14H14ClN3/c1-9-8-16-14(15)18-13(9)17-12-7-11(12)10-5-3-2-4-6-10/h2-6,8,11-12H,7H2,1H3,(H,16,17,18). The lowest BCUT2D eigenvalue weighted by molar-refractivity contribution is 1.01. The fraction of sp³-hybridized carbons (Fsp3) is 0.286. The van der Waals surface area contributed by atoms with Gasteiger partial charge < -0.3 is 5.32 Å². The van der Waals surface area contributed by atoms with Crippen LogP contribution in [0.25, 0.3) is 0 Å².